The number of likely N-dealkylation sites (N-methyl/N-ethyl adjacent to an activating group) is 1. The van der Waals surface area contributed by atoms with Crippen molar-refractivity contribution >= 4 is 39.1 Å². The van der Waals surface area contributed by atoms with E-state index < -0.39 is 28.5 Å². The molecular weight excluding hydrogens is 482 g/mol. The molecule has 0 spiro atoms. The number of hydrogen-bond donors (Lipinski definition) is 1. The van der Waals surface area contributed by atoms with E-state index >= 15 is 0 Å². The van der Waals surface area contributed by atoms with Gasteiger partial charge in [0, 0.05) is 13.6 Å². The lowest BCUT2D eigenvalue weighted by atomic mass is 10.1. The number of sulfonamides is 1. The molecular formula is C23H30ClN3O6S. The number of benzene rings is 2. The average Bonchev–Trinajstić information content (AvgIpc) is 2.81. The van der Waals surface area contributed by atoms with Crippen LogP contribution in [0.5, 0.6) is 11.5 Å². The van der Waals surface area contributed by atoms with E-state index in [2.05, 4.69) is 5.32 Å². The van der Waals surface area contributed by atoms with E-state index in [-0.39, 0.29) is 23.2 Å². The monoisotopic (exact) mass is 511 g/mol. The van der Waals surface area contributed by atoms with Gasteiger partial charge in [0.2, 0.25) is 21.8 Å². The number of nitrogens with zero attached hydrogens (tertiary/aromatic N) is 2. The fourth-order valence-electron chi connectivity index (χ4n) is 3.44. The van der Waals surface area contributed by atoms with Crippen molar-refractivity contribution in [1.82, 2.24) is 10.2 Å². The minimum absolute atomic E-state index is 0.107. The lowest BCUT2D eigenvalue weighted by molar-refractivity contribution is -0.140. The van der Waals surface area contributed by atoms with Crippen molar-refractivity contribution in [3.63, 3.8) is 0 Å². The molecule has 186 valence electrons. The standard InChI is InChI=1S/C23H30ClN3O6S/c1-6-20(23(29)25-2)26(14-16-7-10-18(32-3)11-8-16)22(28)15-27(34(5,30)31)17-9-12-21(33-4)19(24)13-17/h7-13,20H,6,14-15H2,1-5H3,(H,25,29)/t20-/m1/s1. The predicted molar refractivity (Wildman–Crippen MR) is 132 cm³/mol. The summed E-state index contributed by atoms with van der Waals surface area (Å²) in [6, 6.07) is 10.7. The molecule has 0 saturated carbocycles. The molecule has 11 heteroatoms. The van der Waals surface area contributed by atoms with Crippen LogP contribution in [0.4, 0.5) is 5.69 Å². The van der Waals surface area contributed by atoms with Crippen molar-refractivity contribution < 1.29 is 27.5 Å². The number of hydrogen-bond acceptors (Lipinski definition) is 6. The van der Waals surface area contributed by atoms with Gasteiger partial charge in [0.05, 0.1) is 31.2 Å². The van der Waals surface area contributed by atoms with E-state index in [1.54, 1.807) is 38.3 Å². The van der Waals surface area contributed by atoms with Gasteiger partial charge in [-0.25, -0.2) is 8.42 Å². The number of methoxy groups -OCH3 is 2. The summed E-state index contributed by atoms with van der Waals surface area (Å²) in [6.45, 7) is 1.38. The number of carbonyl (C=O) groups excluding carboxylic acids is 2. The van der Waals surface area contributed by atoms with E-state index in [0.29, 0.717) is 17.9 Å². The van der Waals surface area contributed by atoms with Gasteiger partial charge in [0.25, 0.3) is 0 Å². The highest BCUT2D eigenvalue weighted by Crippen LogP contribution is 2.30. The molecule has 1 atom stereocenters. The molecule has 2 amide bonds. The molecule has 0 aromatic heterocycles. The quantitative estimate of drug-likeness (QED) is 0.497. The Morgan fingerprint density at radius 1 is 1.09 bits per heavy atom. The summed E-state index contributed by atoms with van der Waals surface area (Å²) in [5, 5.41) is 2.78. The maximum absolute atomic E-state index is 13.5. The molecule has 0 aliphatic rings. The van der Waals surface area contributed by atoms with Crippen LogP contribution in [0.15, 0.2) is 42.5 Å². The molecule has 2 aromatic rings. The van der Waals surface area contributed by atoms with Crippen LogP contribution >= 0.6 is 11.6 Å². The van der Waals surface area contributed by atoms with E-state index in [4.69, 9.17) is 21.1 Å². The van der Waals surface area contributed by atoms with Crippen LogP contribution in [0.2, 0.25) is 5.02 Å². The Morgan fingerprint density at radius 3 is 2.21 bits per heavy atom. The molecule has 1 N–H and O–H groups in total. The Kier molecular flexibility index (Phi) is 9.57. The van der Waals surface area contributed by atoms with E-state index in [9.17, 15) is 18.0 Å². The summed E-state index contributed by atoms with van der Waals surface area (Å²) in [4.78, 5) is 27.4. The topological polar surface area (TPSA) is 105 Å². The highest BCUT2D eigenvalue weighted by atomic mass is 35.5. The minimum atomic E-state index is -3.85. The second kappa shape index (κ2) is 11.9. The van der Waals surface area contributed by atoms with Crippen molar-refractivity contribution in [2.75, 3.05) is 38.4 Å². The smallest absolute Gasteiger partial charge is 0.244 e. The predicted octanol–water partition coefficient (Wildman–Crippen LogP) is 2.68. The zero-order chi connectivity index (χ0) is 25.5. The van der Waals surface area contributed by atoms with Crippen LogP contribution in [0, 0.1) is 0 Å². The number of amides is 2. The second-order valence-electron chi connectivity index (χ2n) is 7.50. The lowest BCUT2D eigenvalue weighted by Crippen LogP contribution is -2.51. The zero-order valence-corrected chi connectivity index (χ0v) is 21.4. The summed E-state index contributed by atoms with van der Waals surface area (Å²) in [6.07, 6.45) is 1.34. The number of rotatable bonds is 11. The zero-order valence-electron chi connectivity index (χ0n) is 19.9. The molecule has 34 heavy (non-hydrogen) atoms. The first-order valence-corrected chi connectivity index (χ1v) is 12.7. The Balaban J connectivity index is 2.43. The molecule has 0 saturated heterocycles. The first kappa shape index (κ1) is 27.3. The lowest BCUT2D eigenvalue weighted by Gasteiger charge is -2.32. The van der Waals surface area contributed by atoms with Crippen LogP contribution in [0.25, 0.3) is 0 Å². The molecule has 0 fully saturated rings. The third-order valence-electron chi connectivity index (χ3n) is 5.25. The third-order valence-corrected chi connectivity index (χ3v) is 6.68. The summed E-state index contributed by atoms with van der Waals surface area (Å²) >= 11 is 6.18. The first-order chi connectivity index (χ1) is 16.0. The average molecular weight is 512 g/mol. The Bertz CT molecular complexity index is 1110. The van der Waals surface area contributed by atoms with Crippen molar-refractivity contribution in [3.8, 4) is 11.5 Å². The fourth-order valence-corrected chi connectivity index (χ4v) is 4.53. The minimum Gasteiger partial charge on any atom is -0.497 e. The Labute approximate surface area is 205 Å². The largest absolute Gasteiger partial charge is 0.497 e. The van der Waals surface area contributed by atoms with Gasteiger partial charge in [0.15, 0.2) is 0 Å². The maximum atomic E-state index is 13.5. The van der Waals surface area contributed by atoms with Crippen molar-refractivity contribution in [3.05, 3.63) is 53.1 Å². The number of carbonyl (C=O) groups is 2. The van der Waals surface area contributed by atoms with E-state index in [1.807, 2.05) is 0 Å². The molecule has 0 aliphatic carbocycles. The van der Waals surface area contributed by atoms with Gasteiger partial charge >= 0.3 is 0 Å². The Morgan fingerprint density at radius 2 is 1.74 bits per heavy atom. The molecule has 0 radical (unpaired) electrons. The molecule has 0 aliphatic heterocycles. The summed E-state index contributed by atoms with van der Waals surface area (Å²) in [7, 11) is 0.630. The molecule has 0 bridgehead atoms. The van der Waals surface area contributed by atoms with Crippen LogP contribution in [-0.2, 0) is 26.2 Å². The van der Waals surface area contributed by atoms with E-state index in [1.165, 1.54) is 37.3 Å². The molecule has 2 aromatic carbocycles. The molecule has 9 nitrogen and oxygen atoms in total. The molecule has 0 heterocycles. The summed E-state index contributed by atoms with van der Waals surface area (Å²) < 4.78 is 36.5. The third kappa shape index (κ3) is 6.77. The van der Waals surface area contributed by atoms with Gasteiger partial charge in [-0.2, -0.15) is 0 Å². The van der Waals surface area contributed by atoms with E-state index in [0.717, 1.165) is 16.1 Å². The van der Waals surface area contributed by atoms with Gasteiger partial charge in [-0.3, -0.25) is 13.9 Å². The highest BCUT2D eigenvalue weighted by Gasteiger charge is 2.31. The van der Waals surface area contributed by atoms with Gasteiger partial charge < -0.3 is 19.7 Å². The second-order valence-corrected chi connectivity index (χ2v) is 9.81. The van der Waals surface area contributed by atoms with Crippen molar-refractivity contribution in [2.45, 2.75) is 25.9 Å². The molecule has 2 rings (SSSR count). The fraction of sp³-hybridized carbons (Fsp3) is 0.391. The number of halogens is 1. The SMILES string of the molecule is CC[C@H](C(=O)NC)N(Cc1ccc(OC)cc1)C(=O)CN(c1ccc(OC)c(Cl)c1)S(C)(=O)=O. The maximum Gasteiger partial charge on any atom is 0.244 e. The number of anilines is 1. The van der Waals surface area contributed by atoms with Crippen LogP contribution in [0.3, 0.4) is 0 Å². The van der Waals surface area contributed by atoms with Gasteiger partial charge in [-0.1, -0.05) is 30.7 Å². The van der Waals surface area contributed by atoms with Crippen molar-refractivity contribution in [1.29, 1.82) is 0 Å². The molecule has 0 unspecified atom stereocenters. The highest BCUT2D eigenvalue weighted by molar-refractivity contribution is 7.92. The van der Waals surface area contributed by atoms with Crippen LogP contribution in [-0.4, -0.2) is 65.2 Å². The Hall–Kier alpha value is -2.98. The summed E-state index contributed by atoms with van der Waals surface area (Å²) in [5.74, 6) is 0.142. The first-order valence-electron chi connectivity index (χ1n) is 10.5. The number of nitrogens with one attached hydrogen (secondary N) is 1. The summed E-state index contributed by atoms with van der Waals surface area (Å²) in [5.41, 5.74) is 0.967. The van der Waals surface area contributed by atoms with Crippen molar-refractivity contribution in [2.24, 2.45) is 0 Å². The van der Waals surface area contributed by atoms with Gasteiger partial charge in [0.1, 0.15) is 24.1 Å². The van der Waals surface area contributed by atoms with Gasteiger partial charge in [-0.15, -0.1) is 0 Å². The van der Waals surface area contributed by atoms with Crippen LogP contribution < -0.4 is 19.1 Å². The van der Waals surface area contributed by atoms with Crippen LogP contribution in [0.1, 0.15) is 18.9 Å². The normalized spacial score (nSPS) is 11.9. The number of ether oxygens (including phenoxy) is 2. The van der Waals surface area contributed by atoms with Gasteiger partial charge in [-0.05, 0) is 42.3 Å².